The molecule has 1 heterocycles. The fraction of sp³-hybridized carbons (Fsp3) is 1.00. The third kappa shape index (κ3) is 6.36. The predicted molar refractivity (Wildman–Crippen MR) is 72.4 cm³/mol. The first kappa shape index (κ1) is 14.9. The molecule has 1 atom stereocenters. The number of hydrogen-bond donors (Lipinski definition) is 1. The van der Waals surface area contributed by atoms with E-state index in [2.05, 4.69) is 36.0 Å². The molecule has 0 aromatic carbocycles. The quantitative estimate of drug-likeness (QED) is 0.704. The number of likely N-dealkylation sites (N-methyl/N-ethyl adjacent to an activating group) is 2. The molecule has 0 aliphatic carbocycles. The highest BCUT2D eigenvalue weighted by Crippen LogP contribution is 2.07. The lowest BCUT2D eigenvalue weighted by Gasteiger charge is -2.35. The highest BCUT2D eigenvalue weighted by molar-refractivity contribution is 4.74. The third-order valence-electron chi connectivity index (χ3n) is 3.09. The molecule has 0 amide bonds. The van der Waals surface area contributed by atoms with Crippen LogP contribution in [0.3, 0.4) is 0 Å². The molecule has 0 radical (unpaired) electrons. The van der Waals surface area contributed by atoms with Crippen molar-refractivity contribution in [2.45, 2.75) is 20.0 Å². The molecule has 1 aliphatic heterocycles. The van der Waals surface area contributed by atoms with Crippen molar-refractivity contribution in [1.29, 1.82) is 0 Å². The van der Waals surface area contributed by atoms with E-state index in [0.29, 0.717) is 6.10 Å². The van der Waals surface area contributed by atoms with Gasteiger partial charge in [0.15, 0.2) is 0 Å². The Bertz CT molecular complexity index is 199. The van der Waals surface area contributed by atoms with Crippen molar-refractivity contribution in [3.05, 3.63) is 0 Å². The van der Waals surface area contributed by atoms with E-state index in [0.717, 1.165) is 51.8 Å². The molecule has 0 spiro atoms. The number of rotatable bonds is 7. The molecule has 0 aromatic heterocycles. The van der Waals surface area contributed by atoms with E-state index in [-0.39, 0.29) is 0 Å². The normalized spacial score (nSPS) is 22.6. The standard InChI is InChI=1S/C13H29N3O/c1-12(2)9-15(4)10-13-11-16(6-5-14-3)7-8-17-13/h12-14H,5-11H2,1-4H3. The summed E-state index contributed by atoms with van der Waals surface area (Å²) in [4.78, 5) is 4.88. The van der Waals surface area contributed by atoms with Crippen LogP contribution in [0, 0.1) is 5.92 Å². The number of ether oxygens (including phenoxy) is 1. The topological polar surface area (TPSA) is 27.7 Å². The lowest BCUT2D eigenvalue weighted by Crippen LogP contribution is -2.48. The molecule has 17 heavy (non-hydrogen) atoms. The summed E-state index contributed by atoms with van der Waals surface area (Å²) in [6.07, 6.45) is 0.379. The van der Waals surface area contributed by atoms with Gasteiger partial charge in [0, 0.05) is 39.3 Å². The van der Waals surface area contributed by atoms with E-state index in [9.17, 15) is 0 Å². The Morgan fingerprint density at radius 3 is 2.88 bits per heavy atom. The first-order chi connectivity index (χ1) is 8.11. The molecular weight excluding hydrogens is 214 g/mol. The monoisotopic (exact) mass is 243 g/mol. The molecular formula is C13H29N3O. The SMILES string of the molecule is CNCCN1CCOC(CN(C)CC(C)C)C1. The Hall–Kier alpha value is -0.160. The zero-order valence-electron chi connectivity index (χ0n) is 11.9. The molecule has 1 saturated heterocycles. The van der Waals surface area contributed by atoms with Gasteiger partial charge in [-0.25, -0.2) is 0 Å². The van der Waals surface area contributed by atoms with Gasteiger partial charge in [0.2, 0.25) is 0 Å². The first-order valence-corrected chi connectivity index (χ1v) is 6.79. The fourth-order valence-corrected chi connectivity index (χ4v) is 2.41. The van der Waals surface area contributed by atoms with E-state index < -0.39 is 0 Å². The summed E-state index contributed by atoms with van der Waals surface area (Å²) in [7, 11) is 4.20. The molecule has 1 aliphatic rings. The van der Waals surface area contributed by atoms with Crippen LogP contribution in [0.4, 0.5) is 0 Å². The van der Waals surface area contributed by atoms with Crippen LogP contribution < -0.4 is 5.32 Å². The molecule has 0 saturated carbocycles. The molecule has 4 heteroatoms. The van der Waals surface area contributed by atoms with Gasteiger partial charge in [-0.15, -0.1) is 0 Å². The maximum Gasteiger partial charge on any atom is 0.0829 e. The zero-order valence-corrected chi connectivity index (χ0v) is 11.9. The Morgan fingerprint density at radius 1 is 1.47 bits per heavy atom. The lowest BCUT2D eigenvalue weighted by atomic mass is 10.2. The summed E-state index contributed by atoms with van der Waals surface area (Å²) >= 11 is 0. The van der Waals surface area contributed by atoms with Crippen molar-refractivity contribution in [1.82, 2.24) is 15.1 Å². The maximum atomic E-state index is 5.84. The number of nitrogens with one attached hydrogen (secondary N) is 1. The van der Waals surface area contributed by atoms with Gasteiger partial charge in [0.1, 0.15) is 0 Å². The largest absolute Gasteiger partial charge is 0.374 e. The van der Waals surface area contributed by atoms with Crippen LogP contribution in [-0.2, 0) is 4.74 Å². The van der Waals surface area contributed by atoms with Crippen LogP contribution in [0.1, 0.15) is 13.8 Å². The Balaban J connectivity index is 2.24. The van der Waals surface area contributed by atoms with Crippen molar-refractivity contribution < 1.29 is 4.74 Å². The van der Waals surface area contributed by atoms with Gasteiger partial charge in [0.25, 0.3) is 0 Å². The highest BCUT2D eigenvalue weighted by Gasteiger charge is 2.21. The van der Waals surface area contributed by atoms with E-state index in [1.165, 1.54) is 0 Å². The summed E-state index contributed by atoms with van der Waals surface area (Å²) < 4.78 is 5.84. The van der Waals surface area contributed by atoms with Crippen molar-refractivity contribution >= 4 is 0 Å². The zero-order chi connectivity index (χ0) is 12.7. The Morgan fingerprint density at radius 2 is 2.24 bits per heavy atom. The van der Waals surface area contributed by atoms with Gasteiger partial charge in [0.05, 0.1) is 12.7 Å². The summed E-state index contributed by atoms with van der Waals surface area (Å²) in [5.41, 5.74) is 0. The predicted octanol–water partition coefficient (Wildman–Crippen LogP) is 0.494. The molecule has 1 rings (SSSR count). The second-order valence-electron chi connectivity index (χ2n) is 5.51. The summed E-state index contributed by atoms with van der Waals surface area (Å²) in [6.45, 7) is 11.9. The minimum absolute atomic E-state index is 0.379. The van der Waals surface area contributed by atoms with E-state index in [1.54, 1.807) is 0 Å². The van der Waals surface area contributed by atoms with E-state index in [4.69, 9.17) is 4.74 Å². The number of nitrogens with zero attached hydrogens (tertiary/aromatic N) is 2. The highest BCUT2D eigenvalue weighted by atomic mass is 16.5. The molecule has 0 bridgehead atoms. The van der Waals surface area contributed by atoms with Crippen LogP contribution >= 0.6 is 0 Å². The van der Waals surface area contributed by atoms with Crippen molar-refractivity contribution in [2.75, 3.05) is 60.0 Å². The summed E-state index contributed by atoms with van der Waals surface area (Å²) in [5, 5.41) is 3.20. The molecule has 1 N–H and O–H groups in total. The van der Waals surface area contributed by atoms with E-state index >= 15 is 0 Å². The number of morpholine rings is 1. The van der Waals surface area contributed by atoms with Crippen molar-refractivity contribution in [3.63, 3.8) is 0 Å². The first-order valence-electron chi connectivity index (χ1n) is 6.79. The van der Waals surface area contributed by atoms with E-state index in [1.807, 2.05) is 7.05 Å². The molecule has 1 fully saturated rings. The van der Waals surface area contributed by atoms with Crippen LogP contribution in [0.5, 0.6) is 0 Å². The van der Waals surface area contributed by atoms with Gasteiger partial charge in [-0.1, -0.05) is 13.8 Å². The summed E-state index contributed by atoms with van der Waals surface area (Å²) in [5.74, 6) is 0.726. The third-order valence-corrected chi connectivity index (χ3v) is 3.09. The minimum atomic E-state index is 0.379. The molecule has 1 unspecified atom stereocenters. The maximum absolute atomic E-state index is 5.84. The molecule has 4 nitrogen and oxygen atoms in total. The minimum Gasteiger partial charge on any atom is -0.374 e. The second-order valence-corrected chi connectivity index (χ2v) is 5.51. The van der Waals surface area contributed by atoms with Crippen LogP contribution in [-0.4, -0.2) is 75.9 Å². The lowest BCUT2D eigenvalue weighted by molar-refractivity contribution is -0.0407. The second kappa shape index (κ2) is 8.03. The average molecular weight is 243 g/mol. The van der Waals surface area contributed by atoms with Crippen LogP contribution in [0.15, 0.2) is 0 Å². The average Bonchev–Trinajstić information content (AvgIpc) is 2.25. The van der Waals surface area contributed by atoms with Gasteiger partial charge in [-0.3, -0.25) is 4.90 Å². The van der Waals surface area contributed by atoms with Gasteiger partial charge < -0.3 is 15.0 Å². The smallest absolute Gasteiger partial charge is 0.0829 e. The molecule has 0 aromatic rings. The van der Waals surface area contributed by atoms with Crippen molar-refractivity contribution in [2.24, 2.45) is 5.92 Å². The molecule has 102 valence electrons. The van der Waals surface area contributed by atoms with Gasteiger partial charge in [-0.2, -0.15) is 0 Å². The Kier molecular flexibility index (Phi) is 7.04. The van der Waals surface area contributed by atoms with Gasteiger partial charge >= 0.3 is 0 Å². The Labute approximate surface area is 106 Å². The van der Waals surface area contributed by atoms with Crippen LogP contribution in [0.2, 0.25) is 0 Å². The van der Waals surface area contributed by atoms with Gasteiger partial charge in [-0.05, 0) is 20.0 Å². The number of hydrogen-bond acceptors (Lipinski definition) is 4. The van der Waals surface area contributed by atoms with Crippen molar-refractivity contribution in [3.8, 4) is 0 Å². The van der Waals surface area contributed by atoms with Crippen LogP contribution in [0.25, 0.3) is 0 Å². The summed E-state index contributed by atoms with van der Waals surface area (Å²) in [6, 6.07) is 0. The fourth-order valence-electron chi connectivity index (χ4n) is 2.41.